The number of hydrogen-bond donors (Lipinski definition) is 0. The predicted octanol–water partition coefficient (Wildman–Crippen LogP) is 4.62. The van der Waals surface area contributed by atoms with Crippen LogP contribution < -0.4 is 0 Å². The second-order valence-electron chi connectivity index (χ2n) is 5.99. The highest BCUT2D eigenvalue weighted by atomic mass is 28.3. The lowest BCUT2D eigenvalue weighted by Crippen LogP contribution is -2.33. The molecule has 0 saturated heterocycles. The van der Waals surface area contributed by atoms with Crippen molar-refractivity contribution in [1.29, 1.82) is 0 Å². The molecule has 0 unspecified atom stereocenters. The molecule has 18 heavy (non-hydrogen) atoms. The van der Waals surface area contributed by atoms with Gasteiger partial charge in [-0.25, -0.2) is 0 Å². The van der Waals surface area contributed by atoms with Gasteiger partial charge in [-0.2, -0.15) is 0 Å². The summed E-state index contributed by atoms with van der Waals surface area (Å²) in [5.74, 6) is 0.474. The van der Waals surface area contributed by atoms with Gasteiger partial charge in [-0.3, -0.25) is 0 Å². The molecule has 0 fully saturated rings. The quantitative estimate of drug-likeness (QED) is 0.704. The Morgan fingerprint density at radius 3 is 2.11 bits per heavy atom. The van der Waals surface area contributed by atoms with Crippen LogP contribution in [0.2, 0.25) is 19.6 Å². The van der Waals surface area contributed by atoms with Crippen LogP contribution in [0.3, 0.4) is 0 Å². The molecule has 0 aliphatic heterocycles. The minimum absolute atomic E-state index is 0.270. The SMILES string of the molecule is CO[C@H](C)[C@@H](C)/C(=C\c1ccccc1)[Si](C)(C)C. The third-order valence-corrected chi connectivity index (χ3v) is 5.89. The molecule has 0 radical (unpaired) electrons. The largest absolute Gasteiger partial charge is 0.381 e. The summed E-state index contributed by atoms with van der Waals surface area (Å²) >= 11 is 0. The van der Waals surface area contributed by atoms with Gasteiger partial charge < -0.3 is 4.74 Å². The molecule has 1 aromatic rings. The molecule has 0 saturated carbocycles. The van der Waals surface area contributed by atoms with Crippen LogP contribution in [0.4, 0.5) is 0 Å². The van der Waals surface area contributed by atoms with Crippen LogP contribution in [0, 0.1) is 5.92 Å². The maximum absolute atomic E-state index is 5.51. The number of hydrogen-bond acceptors (Lipinski definition) is 1. The van der Waals surface area contributed by atoms with Gasteiger partial charge in [0, 0.05) is 7.11 Å². The van der Waals surface area contributed by atoms with Crippen molar-refractivity contribution in [1.82, 2.24) is 0 Å². The fourth-order valence-electron chi connectivity index (χ4n) is 2.22. The van der Waals surface area contributed by atoms with E-state index in [9.17, 15) is 0 Å². The van der Waals surface area contributed by atoms with Crippen LogP contribution >= 0.6 is 0 Å². The average Bonchev–Trinajstić information content (AvgIpc) is 2.34. The van der Waals surface area contributed by atoms with Crippen molar-refractivity contribution in [3.63, 3.8) is 0 Å². The highest BCUT2D eigenvalue weighted by molar-refractivity contribution is 6.83. The first kappa shape index (κ1) is 15.2. The Kier molecular flexibility index (Phi) is 5.36. The van der Waals surface area contributed by atoms with Crippen LogP contribution in [0.5, 0.6) is 0 Å². The van der Waals surface area contributed by atoms with E-state index in [1.165, 1.54) is 5.56 Å². The van der Waals surface area contributed by atoms with Crippen molar-refractivity contribution < 1.29 is 4.74 Å². The third-order valence-electron chi connectivity index (χ3n) is 3.55. The molecular formula is C16H26OSi. The second-order valence-corrected chi connectivity index (χ2v) is 11.1. The van der Waals surface area contributed by atoms with Crippen LogP contribution in [-0.2, 0) is 4.74 Å². The first-order valence-electron chi connectivity index (χ1n) is 6.66. The molecule has 0 spiro atoms. The predicted molar refractivity (Wildman–Crippen MR) is 83.4 cm³/mol. The molecule has 1 nitrogen and oxygen atoms in total. The molecule has 0 N–H and O–H groups in total. The smallest absolute Gasteiger partial charge is 0.0729 e. The zero-order valence-corrected chi connectivity index (χ0v) is 13.5. The lowest BCUT2D eigenvalue weighted by atomic mass is 10.0. The summed E-state index contributed by atoms with van der Waals surface area (Å²) in [7, 11) is 0.467. The van der Waals surface area contributed by atoms with Crippen molar-refractivity contribution in [3.05, 3.63) is 41.1 Å². The summed E-state index contributed by atoms with van der Waals surface area (Å²) in [6.07, 6.45) is 2.64. The summed E-state index contributed by atoms with van der Waals surface area (Å²) in [5.41, 5.74) is 1.30. The van der Waals surface area contributed by atoms with E-state index in [4.69, 9.17) is 4.74 Å². The Hall–Kier alpha value is -0.863. The summed E-state index contributed by atoms with van der Waals surface area (Å²) in [4.78, 5) is 0. The Morgan fingerprint density at radius 1 is 1.11 bits per heavy atom. The Bertz CT molecular complexity index is 389. The maximum Gasteiger partial charge on any atom is 0.0729 e. The molecule has 0 heterocycles. The molecule has 0 aliphatic carbocycles. The Balaban J connectivity index is 3.11. The van der Waals surface area contributed by atoms with E-state index in [1.54, 1.807) is 12.3 Å². The molecule has 0 aliphatic rings. The highest BCUT2D eigenvalue weighted by Crippen LogP contribution is 2.28. The van der Waals surface area contributed by atoms with Crippen LogP contribution in [0.25, 0.3) is 6.08 Å². The molecule has 1 aromatic carbocycles. The van der Waals surface area contributed by atoms with Gasteiger partial charge in [0.25, 0.3) is 0 Å². The molecule has 0 bridgehead atoms. The monoisotopic (exact) mass is 262 g/mol. The van der Waals surface area contributed by atoms with E-state index in [-0.39, 0.29) is 6.10 Å². The minimum atomic E-state index is -1.33. The first-order valence-corrected chi connectivity index (χ1v) is 10.2. The standard InChI is InChI=1S/C16H26OSi/c1-13(14(2)17-3)16(18(4,5)6)12-15-10-8-7-9-11-15/h7-14H,1-6H3/b16-12+/t13-,14-/m1/s1. The van der Waals surface area contributed by atoms with Crippen molar-refractivity contribution in [2.75, 3.05) is 7.11 Å². The fourth-order valence-corrected chi connectivity index (χ4v) is 4.42. The molecule has 2 heteroatoms. The second kappa shape index (κ2) is 6.35. The number of rotatable bonds is 5. The molecule has 1 rings (SSSR count). The van der Waals surface area contributed by atoms with Crippen LogP contribution in [0.15, 0.2) is 35.5 Å². The van der Waals surface area contributed by atoms with Crippen LogP contribution in [-0.4, -0.2) is 21.3 Å². The zero-order chi connectivity index (χ0) is 13.8. The van der Waals surface area contributed by atoms with Crippen molar-refractivity contribution in [2.24, 2.45) is 5.92 Å². The van der Waals surface area contributed by atoms with Crippen molar-refractivity contribution >= 4 is 14.1 Å². The summed E-state index contributed by atoms with van der Waals surface area (Å²) in [5, 5.41) is 1.57. The molecule has 0 aromatic heterocycles. The molecule has 100 valence electrons. The fraction of sp³-hybridized carbons (Fsp3) is 0.500. The van der Waals surface area contributed by atoms with Crippen molar-refractivity contribution in [3.8, 4) is 0 Å². The topological polar surface area (TPSA) is 9.23 Å². The number of benzene rings is 1. The van der Waals surface area contributed by atoms with Gasteiger partial charge in [-0.15, -0.1) is 0 Å². The summed E-state index contributed by atoms with van der Waals surface area (Å²) < 4.78 is 5.51. The van der Waals surface area contributed by atoms with E-state index < -0.39 is 8.07 Å². The lowest BCUT2D eigenvalue weighted by Gasteiger charge is -2.30. The van der Waals surface area contributed by atoms with E-state index in [1.807, 2.05) is 0 Å². The van der Waals surface area contributed by atoms with Crippen molar-refractivity contribution in [2.45, 2.75) is 39.6 Å². The van der Waals surface area contributed by atoms with Gasteiger partial charge in [-0.05, 0) is 18.4 Å². The number of ether oxygens (including phenoxy) is 1. The third kappa shape index (κ3) is 4.11. The normalized spacial score (nSPS) is 16.4. The van der Waals surface area contributed by atoms with Gasteiger partial charge in [0.05, 0.1) is 14.2 Å². The molecular weight excluding hydrogens is 236 g/mol. The van der Waals surface area contributed by atoms with Gasteiger partial charge in [0.1, 0.15) is 0 Å². The average molecular weight is 262 g/mol. The van der Waals surface area contributed by atoms with E-state index in [0.29, 0.717) is 5.92 Å². The van der Waals surface area contributed by atoms with E-state index in [0.717, 1.165) is 0 Å². The highest BCUT2D eigenvalue weighted by Gasteiger charge is 2.27. The zero-order valence-electron chi connectivity index (χ0n) is 12.5. The Morgan fingerprint density at radius 2 is 1.67 bits per heavy atom. The van der Waals surface area contributed by atoms with Gasteiger partial charge >= 0.3 is 0 Å². The first-order chi connectivity index (χ1) is 8.36. The van der Waals surface area contributed by atoms with Crippen LogP contribution in [0.1, 0.15) is 19.4 Å². The summed E-state index contributed by atoms with van der Waals surface area (Å²) in [6, 6.07) is 10.6. The Labute approximate surface area is 113 Å². The van der Waals surface area contributed by atoms with Gasteiger partial charge in [0.15, 0.2) is 0 Å². The van der Waals surface area contributed by atoms with E-state index in [2.05, 4.69) is 69.9 Å². The van der Waals surface area contributed by atoms with Gasteiger partial charge in [-0.1, -0.05) is 68.2 Å². The molecule has 2 atom stereocenters. The lowest BCUT2D eigenvalue weighted by molar-refractivity contribution is 0.0883. The summed E-state index contributed by atoms with van der Waals surface area (Å²) in [6.45, 7) is 11.6. The molecule has 0 amide bonds. The maximum atomic E-state index is 5.51. The van der Waals surface area contributed by atoms with Gasteiger partial charge in [0.2, 0.25) is 0 Å². The van der Waals surface area contributed by atoms with E-state index >= 15 is 0 Å². The minimum Gasteiger partial charge on any atom is -0.381 e. The number of methoxy groups -OCH3 is 1.